The van der Waals surface area contributed by atoms with Crippen molar-refractivity contribution in [3.05, 3.63) is 75.2 Å². The lowest BCUT2D eigenvalue weighted by Crippen LogP contribution is -2.58. The number of pyridine rings is 1. The summed E-state index contributed by atoms with van der Waals surface area (Å²) in [5.74, 6) is -3.80. The van der Waals surface area contributed by atoms with Gasteiger partial charge in [0.2, 0.25) is 5.43 Å². The van der Waals surface area contributed by atoms with Crippen LogP contribution in [-0.2, 0) is 6.54 Å². The molecule has 156 valence electrons. The van der Waals surface area contributed by atoms with E-state index in [2.05, 4.69) is 5.32 Å². The van der Waals surface area contributed by atoms with Gasteiger partial charge in [0.1, 0.15) is 23.4 Å². The Kier molecular flexibility index (Phi) is 4.76. The van der Waals surface area contributed by atoms with Crippen LogP contribution in [-0.4, -0.2) is 45.8 Å². The third kappa shape index (κ3) is 3.00. The third-order valence-electron chi connectivity index (χ3n) is 5.17. The van der Waals surface area contributed by atoms with E-state index in [-0.39, 0.29) is 17.8 Å². The Morgan fingerprint density at radius 2 is 2.07 bits per heavy atom. The standard InChI is InChI=1S/C20H18F2N4O4/c1-2-24-15-4-3-7-25(15)26-10-13(17(27)18(28)16(26)20(24)30)19(29)23-9-11-5-6-12(21)8-14(11)22/h3-6,8,10,15,28H,2,7,9H2,1H3,(H,23,29)/t15-/m0/s1. The van der Waals surface area contributed by atoms with Crippen molar-refractivity contribution in [3.8, 4) is 5.75 Å². The van der Waals surface area contributed by atoms with Crippen LogP contribution in [0.5, 0.6) is 5.75 Å². The maximum atomic E-state index is 13.8. The zero-order valence-corrected chi connectivity index (χ0v) is 15.9. The van der Waals surface area contributed by atoms with E-state index in [1.165, 1.54) is 21.8 Å². The average Bonchev–Trinajstić information content (AvgIpc) is 3.19. The van der Waals surface area contributed by atoms with Crippen LogP contribution in [0.15, 0.2) is 41.3 Å². The molecule has 3 heterocycles. The number of fused-ring (bicyclic) bond motifs is 3. The molecular weight excluding hydrogens is 398 g/mol. The van der Waals surface area contributed by atoms with Crippen molar-refractivity contribution < 1.29 is 23.5 Å². The van der Waals surface area contributed by atoms with Crippen LogP contribution in [0.2, 0.25) is 0 Å². The normalized spacial score (nSPS) is 17.2. The van der Waals surface area contributed by atoms with Crippen LogP contribution >= 0.6 is 0 Å². The highest BCUT2D eigenvalue weighted by Crippen LogP contribution is 2.27. The smallest absolute Gasteiger partial charge is 0.278 e. The van der Waals surface area contributed by atoms with Gasteiger partial charge in [0.25, 0.3) is 11.8 Å². The highest BCUT2D eigenvalue weighted by molar-refractivity contribution is 5.99. The average molecular weight is 416 g/mol. The number of amides is 2. The van der Waals surface area contributed by atoms with Crippen LogP contribution in [0.1, 0.15) is 33.3 Å². The molecule has 10 heteroatoms. The van der Waals surface area contributed by atoms with Crippen LogP contribution in [0.3, 0.4) is 0 Å². The number of aromatic hydroxyl groups is 1. The van der Waals surface area contributed by atoms with Crippen molar-refractivity contribution in [3.63, 3.8) is 0 Å². The summed E-state index contributed by atoms with van der Waals surface area (Å²) >= 11 is 0. The van der Waals surface area contributed by atoms with E-state index in [1.54, 1.807) is 11.9 Å². The fraction of sp³-hybridized carbons (Fsp3) is 0.250. The topological polar surface area (TPSA) is 94.9 Å². The molecular formula is C20H18F2N4O4. The minimum absolute atomic E-state index is 0.0320. The van der Waals surface area contributed by atoms with Crippen LogP contribution in [0.25, 0.3) is 0 Å². The summed E-state index contributed by atoms with van der Waals surface area (Å²) in [6.07, 6.45) is 4.44. The summed E-state index contributed by atoms with van der Waals surface area (Å²) in [6.45, 7) is 2.27. The first-order valence-electron chi connectivity index (χ1n) is 9.28. The molecule has 2 aliphatic rings. The molecule has 2 N–H and O–H groups in total. The van der Waals surface area contributed by atoms with E-state index >= 15 is 0 Å². The Bertz CT molecular complexity index is 1140. The Labute approximate surface area is 169 Å². The predicted molar refractivity (Wildman–Crippen MR) is 103 cm³/mol. The number of halogens is 2. The van der Waals surface area contributed by atoms with Crippen molar-refractivity contribution in [2.24, 2.45) is 0 Å². The summed E-state index contributed by atoms with van der Waals surface area (Å²) in [7, 11) is 0. The Morgan fingerprint density at radius 1 is 1.30 bits per heavy atom. The largest absolute Gasteiger partial charge is 0.502 e. The molecule has 0 aliphatic carbocycles. The zero-order valence-electron chi connectivity index (χ0n) is 15.9. The van der Waals surface area contributed by atoms with E-state index in [1.807, 2.05) is 12.2 Å². The fourth-order valence-electron chi connectivity index (χ4n) is 3.65. The van der Waals surface area contributed by atoms with E-state index < -0.39 is 46.4 Å². The number of nitrogens with one attached hydrogen (secondary N) is 1. The maximum Gasteiger partial charge on any atom is 0.278 e. The van der Waals surface area contributed by atoms with Gasteiger partial charge in [-0.1, -0.05) is 12.1 Å². The molecule has 1 atom stereocenters. The zero-order chi connectivity index (χ0) is 21.6. The molecule has 1 aromatic carbocycles. The molecule has 0 unspecified atom stereocenters. The lowest BCUT2D eigenvalue weighted by Gasteiger charge is -2.42. The van der Waals surface area contributed by atoms with Gasteiger partial charge in [0.05, 0.1) is 6.54 Å². The lowest BCUT2D eigenvalue weighted by molar-refractivity contribution is 0.0644. The van der Waals surface area contributed by atoms with E-state index in [9.17, 15) is 28.3 Å². The number of likely N-dealkylation sites (N-methyl/N-ethyl adjacent to an activating group) is 1. The van der Waals surface area contributed by atoms with Crippen molar-refractivity contribution >= 4 is 11.8 Å². The van der Waals surface area contributed by atoms with Crippen molar-refractivity contribution in [1.82, 2.24) is 14.9 Å². The number of rotatable bonds is 4. The van der Waals surface area contributed by atoms with Crippen molar-refractivity contribution in [1.29, 1.82) is 0 Å². The molecule has 0 saturated carbocycles. The summed E-state index contributed by atoms with van der Waals surface area (Å²) < 4.78 is 28.1. The summed E-state index contributed by atoms with van der Waals surface area (Å²) in [5, 5.41) is 14.5. The SMILES string of the molecule is CCN1C(=O)c2c(O)c(=O)c(C(=O)NCc3ccc(F)cc3F)cn2N2CC=C[C@@H]12. The molecule has 1 aromatic heterocycles. The highest BCUT2D eigenvalue weighted by atomic mass is 19.1. The first-order chi connectivity index (χ1) is 14.3. The van der Waals surface area contributed by atoms with Gasteiger partial charge in [-0.25, -0.2) is 8.78 Å². The molecule has 0 radical (unpaired) electrons. The molecule has 2 aromatic rings. The number of carbonyl (C=O) groups is 2. The van der Waals surface area contributed by atoms with Crippen LogP contribution in [0.4, 0.5) is 8.78 Å². The van der Waals surface area contributed by atoms with Gasteiger partial charge in [-0.2, -0.15) is 0 Å². The molecule has 4 rings (SSSR count). The minimum Gasteiger partial charge on any atom is -0.502 e. The van der Waals surface area contributed by atoms with Gasteiger partial charge in [-0.3, -0.25) is 24.1 Å². The maximum absolute atomic E-state index is 13.8. The second-order valence-corrected chi connectivity index (χ2v) is 6.89. The number of hydrogen-bond acceptors (Lipinski definition) is 5. The number of nitrogens with zero attached hydrogens (tertiary/aromatic N) is 3. The van der Waals surface area contributed by atoms with Gasteiger partial charge in [0.15, 0.2) is 11.4 Å². The predicted octanol–water partition coefficient (Wildman–Crippen LogP) is 1.07. The van der Waals surface area contributed by atoms with E-state index in [4.69, 9.17) is 0 Å². The van der Waals surface area contributed by atoms with Gasteiger partial charge < -0.3 is 15.3 Å². The number of aromatic nitrogens is 1. The molecule has 30 heavy (non-hydrogen) atoms. The third-order valence-corrected chi connectivity index (χ3v) is 5.17. The summed E-state index contributed by atoms with van der Waals surface area (Å²) in [4.78, 5) is 39.5. The quantitative estimate of drug-likeness (QED) is 0.728. The molecule has 2 aliphatic heterocycles. The van der Waals surface area contributed by atoms with Gasteiger partial charge in [0, 0.05) is 30.9 Å². The van der Waals surface area contributed by atoms with Crippen LogP contribution in [0, 0.1) is 11.6 Å². The second kappa shape index (κ2) is 7.29. The minimum atomic E-state index is -1.01. The summed E-state index contributed by atoms with van der Waals surface area (Å²) in [6, 6.07) is 2.92. The van der Waals surface area contributed by atoms with E-state index in [0.717, 1.165) is 6.07 Å². The van der Waals surface area contributed by atoms with Crippen molar-refractivity contribution in [2.75, 3.05) is 18.1 Å². The fourth-order valence-corrected chi connectivity index (χ4v) is 3.65. The lowest BCUT2D eigenvalue weighted by atomic mass is 10.1. The molecule has 8 nitrogen and oxygen atoms in total. The molecule has 0 fully saturated rings. The Morgan fingerprint density at radius 3 is 2.77 bits per heavy atom. The number of carbonyl (C=O) groups excluding carboxylic acids is 2. The second-order valence-electron chi connectivity index (χ2n) is 6.89. The number of hydrogen-bond donors (Lipinski definition) is 2. The summed E-state index contributed by atoms with van der Waals surface area (Å²) in [5.41, 5.74) is -1.59. The van der Waals surface area contributed by atoms with Crippen LogP contribution < -0.4 is 15.8 Å². The Balaban J connectivity index is 1.68. The molecule has 0 bridgehead atoms. The highest BCUT2D eigenvalue weighted by Gasteiger charge is 2.40. The molecule has 0 spiro atoms. The van der Waals surface area contributed by atoms with Gasteiger partial charge in [-0.15, -0.1) is 0 Å². The molecule has 2 amide bonds. The van der Waals surface area contributed by atoms with E-state index in [0.29, 0.717) is 19.2 Å². The number of benzene rings is 1. The van der Waals surface area contributed by atoms with Gasteiger partial charge in [-0.05, 0) is 19.1 Å². The first kappa shape index (κ1) is 19.6. The van der Waals surface area contributed by atoms with Gasteiger partial charge >= 0.3 is 0 Å². The monoisotopic (exact) mass is 416 g/mol. The Hall–Kier alpha value is -3.69. The molecule has 0 saturated heterocycles. The first-order valence-corrected chi connectivity index (χ1v) is 9.28. The van der Waals surface area contributed by atoms with Crippen molar-refractivity contribution in [2.45, 2.75) is 19.6 Å².